The van der Waals surface area contributed by atoms with E-state index in [9.17, 15) is 4.79 Å². The first kappa shape index (κ1) is 15.0. The summed E-state index contributed by atoms with van der Waals surface area (Å²) >= 11 is 5.93. The maximum Gasteiger partial charge on any atom is 0.255 e. The summed E-state index contributed by atoms with van der Waals surface area (Å²) in [6, 6.07) is 15.7. The number of carbonyl (C=O) groups excluding carboxylic acids is 1. The number of halogens is 1. The Labute approximate surface area is 144 Å². The standard InChI is InChI=1S/C19H16ClN3O/c20-14-8-5-13(6-9-14)18-16(11-21-23-18)19(24)22-17-10-7-12-3-1-2-4-15(12)17/h1-6,8-9,11,17H,7,10H2,(H,21,23)(H,22,24)/t17-/m0/s1. The van der Waals surface area contributed by atoms with E-state index in [1.807, 2.05) is 24.3 Å². The lowest BCUT2D eigenvalue weighted by Gasteiger charge is -2.14. The van der Waals surface area contributed by atoms with E-state index in [1.165, 1.54) is 11.1 Å². The average molecular weight is 338 g/mol. The molecule has 120 valence electrons. The molecule has 0 bridgehead atoms. The number of nitrogens with one attached hydrogen (secondary N) is 2. The van der Waals surface area contributed by atoms with Gasteiger partial charge in [0.05, 0.1) is 23.5 Å². The lowest BCUT2D eigenvalue weighted by Crippen LogP contribution is -2.27. The van der Waals surface area contributed by atoms with Crippen LogP contribution in [0.4, 0.5) is 0 Å². The van der Waals surface area contributed by atoms with Crippen LogP contribution in [0.5, 0.6) is 0 Å². The molecule has 0 aliphatic heterocycles. The van der Waals surface area contributed by atoms with Gasteiger partial charge in [0.2, 0.25) is 0 Å². The molecule has 1 amide bonds. The number of fused-ring (bicyclic) bond motifs is 1. The van der Waals surface area contributed by atoms with Crippen molar-refractivity contribution < 1.29 is 4.79 Å². The quantitative estimate of drug-likeness (QED) is 0.754. The lowest BCUT2D eigenvalue weighted by atomic mass is 10.1. The summed E-state index contributed by atoms with van der Waals surface area (Å²) in [6.45, 7) is 0. The first-order chi connectivity index (χ1) is 11.7. The zero-order chi connectivity index (χ0) is 16.5. The number of amides is 1. The number of benzene rings is 2. The van der Waals surface area contributed by atoms with Crippen LogP contribution in [0.1, 0.15) is 33.9 Å². The molecule has 2 aromatic carbocycles. The van der Waals surface area contributed by atoms with E-state index in [1.54, 1.807) is 18.3 Å². The number of hydrogen-bond donors (Lipinski definition) is 2. The van der Waals surface area contributed by atoms with E-state index < -0.39 is 0 Å². The summed E-state index contributed by atoms with van der Waals surface area (Å²) in [4.78, 5) is 12.7. The van der Waals surface area contributed by atoms with E-state index in [-0.39, 0.29) is 11.9 Å². The van der Waals surface area contributed by atoms with Crippen molar-refractivity contribution in [3.05, 3.63) is 76.4 Å². The number of aromatic amines is 1. The van der Waals surface area contributed by atoms with Crippen molar-refractivity contribution in [2.75, 3.05) is 0 Å². The van der Waals surface area contributed by atoms with Crippen LogP contribution in [0, 0.1) is 0 Å². The van der Waals surface area contributed by atoms with Crippen molar-refractivity contribution in [1.29, 1.82) is 0 Å². The molecule has 4 nitrogen and oxygen atoms in total. The highest BCUT2D eigenvalue weighted by Crippen LogP contribution is 2.31. The minimum Gasteiger partial charge on any atom is -0.345 e. The fourth-order valence-electron chi connectivity index (χ4n) is 3.24. The molecule has 0 saturated heterocycles. The first-order valence-corrected chi connectivity index (χ1v) is 8.28. The Kier molecular flexibility index (Phi) is 3.82. The average Bonchev–Trinajstić information content (AvgIpc) is 3.23. The maximum atomic E-state index is 12.7. The highest BCUT2D eigenvalue weighted by molar-refractivity contribution is 6.30. The summed E-state index contributed by atoms with van der Waals surface area (Å²) in [7, 11) is 0. The van der Waals surface area contributed by atoms with E-state index in [4.69, 9.17) is 11.6 Å². The Hall–Kier alpha value is -2.59. The highest BCUT2D eigenvalue weighted by atomic mass is 35.5. The zero-order valence-electron chi connectivity index (χ0n) is 12.9. The molecule has 0 spiro atoms. The third-order valence-electron chi connectivity index (χ3n) is 4.46. The lowest BCUT2D eigenvalue weighted by molar-refractivity contribution is 0.0937. The van der Waals surface area contributed by atoms with Gasteiger partial charge in [0.1, 0.15) is 0 Å². The first-order valence-electron chi connectivity index (χ1n) is 7.90. The number of H-pyrrole nitrogens is 1. The molecule has 5 heteroatoms. The fraction of sp³-hybridized carbons (Fsp3) is 0.158. The van der Waals surface area contributed by atoms with Gasteiger partial charge in [-0.05, 0) is 36.1 Å². The Morgan fingerprint density at radius 1 is 1.17 bits per heavy atom. The molecule has 0 fully saturated rings. The predicted octanol–water partition coefficient (Wildman–Crippen LogP) is 4.15. The van der Waals surface area contributed by atoms with Crippen molar-refractivity contribution in [1.82, 2.24) is 15.5 Å². The van der Waals surface area contributed by atoms with Gasteiger partial charge < -0.3 is 5.32 Å². The zero-order valence-corrected chi connectivity index (χ0v) is 13.7. The smallest absolute Gasteiger partial charge is 0.255 e. The molecule has 4 rings (SSSR count). The van der Waals surface area contributed by atoms with Gasteiger partial charge in [-0.1, -0.05) is 48.0 Å². The van der Waals surface area contributed by atoms with Crippen LogP contribution in [0.3, 0.4) is 0 Å². The molecule has 3 aromatic rings. The Morgan fingerprint density at radius 3 is 2.79 bits per heavy atom. The SMILES string of the molecule is O=C(N[C@H]1CCc2ccccc21)c1cn[nH]c1-c1ccc(Cl)cc1. The van der Waals surface area contributed by atoms with Gasteiger partial charge >= 0.3 is 0 Å². The maximum absolute atomic E-state index is 12.7. The van der Waals surface area contributed by atoms with E-state index in [2.05, 4.69) is 27.6 Å². The number of aromatic nitrogens is 2. The second kappa shape index (κ2) is 6.13. The molecule has 0 unspecified atom stereocenters. The van der Waals surface area contributed by atoms with Crippen molar-refractivity contribution in [2.45, 2.75) is 18.9 Å². The van der Waals surface area contributed by atoms with Crippen LogP contribution < -0.4 is 5.32 Å². The van der Waals surface area contributed by atoms with Crippen LogP contribution in [-0.2, 0) is 6.42 Å². The minimum atomic E-state index is -0.115. The molecule has 1 aromatic heterocycles. The molecule has 1 aliphatic carbocycles. The highest BCUT2D eigenvalue weighted by Gasteiger charge is 2.25. The molecule has 0 saturated carbocycles. The summed E-state index contributed by atoms with van der Waals surface area (Å²) in [5, 5.41) is 10.7. The number of rotatable bonds is 3. The summed E-state index contributed by atoms with van der Waals surface area (Å²) in [6.07, 6.45) is 3.50. The van der Waals surface area contributed by atoms with Crippen molar-refractivity contribution in [3.63, 3.8) is 0 Å². The molecule has 1 aliphatic rings. The van der Waals surface area contributed by atoms with Gasteiger partial charge in [-0.3, -0.25) is 9.89 Å². The van der Waals surface area contributed by atoms with Gasteiger partial charge in [-0.25, -0.2) is 0 Å². The Bertz CT molecular complexity index is 886. The van der Waals surface area contributed by atoms with Crippen LogP contribution in [0.25, 0.3) is 11.3 Å². The van der Waals surface area contributed by atoms with Gasteiger partial charge in [-0.2, -0.15) is 5.10 Å². The van der Waals surface area contributed by atoms with Crippen molar-refractivity contribution in [2.24, 2.45) is 0 Å². The second-order valence-corrected chi connectivity index (χ2v) is 6.37. The molecule has 1 atom stereocenters. The number of nitrogens with zero attached hydrogens (tertiary/aromatic N) is 1. The predicted molar refractivity (Wildman–Crippen MR) is 94.0 cm³/mol. The molecule has 2 N–H and O–H groups in total. The monoisotopic (exact) mass is 337 g/mol. The van der Waals surface area contributed by atoms with E-state index in [0.717, 1.165) is 18.4 Å². The van der Waals surface area contributed by atoms with E-state index >= 15 is 0 Å². The van der Waals surface area contributed by atoms with Gasteiger partial charge in [-0.15, -0.1) is 0 Å². The van der Waals surface area contributed by atoms with Crippen molar-refractivity contribution in [3.8, 4) is 11.3 Å². The minimum absolute atomic E-state index is 0.0571. The van der Waals surface area contributed by atoms with Crippen LogP contribution in [0.2, 0.25) is 5.02 Å². The Balaban J connectivity index is 1.58. The summed E-state index contributed by atoms with van der Waals surface area (Å²) < 4.78 is 0. The Morgan fingerprint density at radius 2 is 1.96 bits per heavy atom. The molecule has 24 heavy (non-hydrogen) atoms. The number of hydrogen-bond acceptors (Lipinski definition) is 2. The van der Waals surface area contributed by atoms with Gasteiger partial charge in [0.25, 0.3) is 5.91 Å². The summed E-state index contributed by atoms with van der Waals surface area (Å²) in [5.41, 5.74) is 4.65. The molecular formula is C19H16ClN3O. The van der Waals surface area contributed by atoms with Gasteiger partial charge in [0.15, 0.2) is 0 Å². The molecule has 1 heterocycles. The normalized spacial score (nSPS) is 16.0. The van der Waals surface area contributed by atoms with E-state index in [0.29, 0.717) is 16.3 Å². The summed E-state index contributed by atoms with van der Waals surface area (Å²) in [5.74, 6) is -0.115. The second-order valence-electron chi connectivity index (χ2n) is 5.93. The fourth-order valence-corrected chi connectivity index (χ4v) is 3.36. The van der Waals surface area contributed by atoms with Crippen LogP contribution >= 0.6 is 11.6 Å². The van der Waals surface area contributed by atoms with Gasteiger partial charge in [0, 0.05) is 10.6 Å². The third-order valence-corrected chi connectivity index (χ3v) is 4.71. The van der Waals surface area contributed by atoms with Crippen LogP contribution in [-0.4, -0.2) is 16.1 Å². The van der Waals surface area contributed by atoms with Crippen molar-refractivity contribution >= 4 is 17.5 Å². The largest absolute Gasteiger partial charge is 0.345 e. The third kappa shape index (κ3) is 2.69. The topological polar surface area (TPSA) is 57.8 Å². The number of carbonyl (C=O) groups is 1. The number of aryl methyl sites for hydroxylation is 1. The molecular weight excluding hydrogens is 322 g/mol. The molecule has 0 radical (unpaired) electrons. The van der Waals surface area contributed by atoms with Crippen LogP contribution in [0.15, 0.2) is 54.7 Å².